The van der Waals surface area contributed by atoms with Gasteiger partial charge in [-0.25, -0.2) is 0 Å². The fourth-order valence-corrected chi connectivity index (χ4v) is 2.88. The molecule has 0 fully saturated rings. The number of hydrogen-bond acceptors (Lipinski definition) is 2. The Morgan fingerprint density at radius 1 is 1.27 bits per heavy atom. The summed E-state index contributed by atoms with van der Waals surface area (Å²) in [5.74, 6) is 0.0647. The van der Waals surface area contributed by atoms with Crippen LogP contribution >= 0.6 is 0 Å². The molecule has 1 heterocycles. The second-order valence-electron chi connectivity index (χ2n) is 6.12. The van der Waals surface area contributed by atoms with Crippen molar-refractivity contribution in [1.82, 2.24) is 9.47 Å². The number of amides is 1. The van der Waals surface area contributed by atoms with E-state index in [1.165, 1.54) is 5.52 Å². The number of benzene rings is 1. The van der Waals surface area contributed by atoms with Crippen molar-refractivity contribution < 1.29 is 9.90 Å². The molecule has 0 aliphatic carbocycles. The van der Waals surface area contributed by atoms with Gasteiger partial charge in [-0.3, -0.25) is 4.79 Å². The molecule has 22 heavy (non-hydrogen) atoms. The van der Waals surface area contributed by atoms with Gasteiger partial charge in [0.15, 0.2) is 0 Å². The minimum atomic E-state index is -0.511. The van der Waals surface area contributed by atoms with Gasteiger partial charge < -0.3 is 14.6 Å². The van der Waals surface area contributed by atoms with Crippen molar-refractivity contribution in [3.05, 3.63) is 36.0 Å². The van der Waals surface area contributed by atoms with Crippen molar-refractivity contribution in [3.63, 3.8) is 0 Å². The molecule has 0 saturated heterocycles. The number of carbonyl (C=O) groups is 1. The first-order valence-electron chi connectivity index (χ1n) is 7.98. The monoisotopic (exact) mass is 302 g/mol. The molecule has 1 amide bonds. The van der Waals surface area contributed by atoms with Crippen LogP contribution in [0.5, 0.6) is 0 Å². The summed E-state index contributed by atoms with van der Waals surface area (Å²) in [6.45, 7) is 9.04. The number of aliphatic hydroxyl groups is 1. The molecule has 1 aromatic heterocycles. The fourth-order valence-electron chi connectivity index (χ4n) is 2.88. The van der Waals surface area contributed by atoms with E-state index in [4.69, 9.17) is 0 Å². The smallest absolute Gasteiger partial charge is 0.227 e. The SMILES string of the molecule is CCn1cc(CC(=O)N(CC(C)O)C(C)C)c2ccccc21. The van der Waals surface area contributed by atoms with Gasteiger partial charge >= 0.3 is 0 Å². The highest BCUT2D eigenvalue weighted by Crippen LogP contribution is 2.22. The van der Waals surface area contributed by atoms with Gasteiger partial charge in [-0.1, -0.05) is 18.2 Å². The summed E-state index contributed by atoms with van der Waals surface area (Å²) in [5.41, 5.74) is 2.22. The quantitative estimate of drug-likeness (QED) is 0.892. The average Bonchev–Trinajstić information content (AvgIpc) is 2.82. The number of aliphatic hydroxyl groups excluding tert-OH is 1. The standard InChI is InChI=1S/C18H26N2O2/c1-5-19-12-15(16-8-6-7-9-17(16)19)10-18(22)20(13(2)3)11-14(4)21/h6-9,12-14,21H,5,10-11H2,1-4H3. The van der Waals surface area contributed by atoms with E-state index in [0.717, 1.165) is 17.5 Å². The number of nitrogens with zero attached hydrogens (tertiary/aromatic N) is 2. The lowest BCUT2D eigenvalue weighted by molar-refractivity contribution is -0.133. The van der Waals surface area contributed by atoms with Crippen LogP contribution in [0.25, 0.3) is 10.9 Å². The summed E-state index contributed by atoms with van der Waals surface area (Å²) in [6.07, 6.45) is 1.94. The Hall–Kier alpha value is -1.81. The summed E-state index contributed by atoms with van der Waals surface area (Å²) in [7, 11) is 0. The van der Waals surface area contributed by atoms with Crippen LogP contribution in [0.1, 0.15) is 33.3 Å². The molecule has 1 N–H and O–H groups in total. The highest BCUT2D eigenvalue weighted by molar-refractivity contribution is 5.89. The number of rotatable bonds is 6. The van der Waals surface area contributed by atoms with Crippen LogP contribution in [0.2, 0.25) is 0 Å². The van der Waals surface area contributed by atoms with Crippen molar-refractivity contribution in [1.29, 1.82) is 0 Å². The molecule has 0 saturated carbocycles. The third-order valence-electron chi connectivity index (χ3n) is 3.96. The zero-order chi connectivity index (χ0) is 16.3. The minimum absolute atomic E-state index is 0.0647. The lowest BCUT2D eigenvalue weighted by Crippen LogP contribution is -2.42. The molecule has 1 unspecified atom stereocenters. The molecule has 1 atom stereocenters. The molecule has 0 spiro atoms. The predicted octanol–water partition coefficient (Wildman–Crippen LogP) is 2.82. The van der Waals surface area contributed by atoms with Gasteiger partial charge in [0.05, 0.1) is 12.5 Å². The normalized spacial score (nSPS) is 12.8. The van der Waals surface area contributed by atoms with Gasteiger partial charge in [0.25, 0.3) is 0 Å². The molecule has 120 valence electrons. The van der Waals surface area contributed by atoms with Crippen molar-refractivity contribution in [3.8, 4) is 0 Å². The number of fused-ring (bicyclic) bond motifs is 1. The van der Waals surface area contributed by atoms with E-state index in [1.807, 2.05) is 26.0 Å². The van der Waals surface area contributed by atoms with Crippen molar-refractivity contribution in [2.24, 2.45) is 0 Å². The van der Waals surface area contributed by atoms with Crippen molar-refractivity contribution in [2.75, 3.05) is 6.54 Å². The maximum absolute atomic E-state index is 12.6. The molecule has 1 aromatic carbocycles. The van der Waals surface area contributed by atoms with E-state index in [2.05, 4.69) is 29.8 Å². The summed E-state index contributed by atoms with van der Waals surface area (Å²) in [6, 6.07) is 8.27. The third-order valence-corrected chi connectivity index (χ3v) is 3.96. The maximum Gasteiger partial charge on any atom is 0.227 e. The van der Waals surface area contributed by atoms with Gasteiger partial charge in [0.1, 0.15) is 0 Å². The zero-order valence-corrected chi connectivity index (χ0v) is 13.9. The van der Waals surface area contributed by atoms with Crippen LogP contribution in [0.4, 0.5) is 0 Å². The molecule has 2 aromatic rings. The van der Waals surface area contributed by atoms with E-state index in [1.54, 1.807) is 11.8 Å². The van der Waals surface area contributed by atoms with E-state index >= 15 is 0 Å². The second-order valence-corrected chi connectivity index (χ2v) is 6.12. The first-order chi connectivity index (χ1) is 10.4. The Balaban J connectivity index is 2.27. The summed E-state index contributed by atoms with van der Waals surface area (Å²) in [4.78, 5) is 14.4. The average molecular weight is 302 g/mol. The van der Waals surface area contributed by atoms with Crippen LogP contribution < -0.4 is 0 Å². The molecule has 4 heteroatoms. The van der Waals surface area contributed by atoms with Crippen molar-refractivity contribution in [2.45, 2.75) is 52.8 Å². The van der Waals surface area contributed by atoms with Crippen LogP contribution in [-0.2, 0) is 17.8 Å². The molecule has 0 aliphatic rings. The lowest BCUT2D eigenvalue weighted by Gasteiger charge is -2.28. The molecular weight excluding hydrogens is 276 g/mol. The van der Waals surface area contributed by atoms with E-state index in [-0.39, 0.29) is 11.9 Å². The lowest BCUT2D eigenvalue weighted by atomic mass is 10.1. The Kier molecular flexibility index (Phi) is 5.24. The summed E-state index contributed by atoms with van der Waals surface area (Å²) in [5, 5.41) is 10.7. The molecule has 0 aliphatic heterocycles. The second kappa shape index (κ2) is 6.97. The van der Waals surface area contributed by atoms with E-state index < -0.39 is 6.10 Å². The maximum atomic E-state index is 12.6. The van der Waals surface area contributed by atoms with Crippen LogP contribution in [0, 0.1) is 0 Å². The predicted molar refractivity (Wildman–Crippen MR) is 89.8 cm³/mol. The van der Waals surface area contributed by atoms with Gasteiger partial charge in [-0.2, -0.15) is 0 Å². The first kappa shape index (κ1) is 16.6. The van der Waals surface area contributed by atoms with Crippen LogP contribution in [-0.4, -0.2) is 39.2 Å². The minimum Gasteiger partial charge on any atom is -0.392 e. The number of carbonyl (C=O) groups excluding carboxylic acids is 1. The summed E-state index contributed by atoms with van der Waals surface area (Å²) >= 11 is 0. The van der Waals surface area contributed by atoms with E-state index in [9.17, 15) is 9.90 Å². The topological polar surface area (TPSA) is 45.5 Å². The zero-order valence-electron chi connectivity index (χ0n) is 13.9. The molecule has 4 nitrogen and oxygen atoms in total. The molecule has 2 rings (SSSR count). The largest absolute Gasteiger partial charge is 0.392 e. The highest BCUT2D eigenvalue weighted by atomic mass is 16.3. The van der Waals surface area contributed by atoms with Gasteiger partial charge in [0, 0.05) is 36.2 Å². The van der Waals surface area contributed by atoms with Crippen LogP contribution in [0.3, 0.4) is 0 Å². The number of aromatic nitrogens is 1. The van der Waals surface area contributed by atoms with E-state index in [0.29, 0.717) is 13.0 Å². The number of para-hydroxylation sites is 1. The molecular formula is C18H26N2O2. The molecule has 0 bridgehead atoms. The fraction of sp³-hybridized carbons (Fsp3) is 0.500. The summed E-state index contributed by atoms with van der Waals surface area (Å²) < 4.78 is 2.17. The third kappa shape index (κ3) is 3.50. The molecule has 0 radical (unpaired) electrons. The number of hydrogen-bond donors (Lipinski definition) is 1. The van der Waals surface area contributed by atoms with Gasteiger partial charge in [-0.15, -0.1) is 0 Å². The first-order valence-corrected chi connectivity index (χ1v) is 7.98. The van der Waals surface area contributed by atoms with Crippen LogP contribution in [0.15, 0.2) is 30.5 Å². The Bertz CT molecular complexity index is 644. The number of aryl methyl sites for hydroxylation is 1. The Morgan fingerprint density at radius 3 is 2.55 bits per heavy atom. The Morgan fingerprint density at radius 2 is 1.95 bits per heavy atom. The highest BCUT2D eigenvalue weighted by Gasteiger charge is 2.20. The van der Waals surface area contributed by atoms with Gasteiger partial charge in [-0.05, 0) is 39.3 Å². The van der Waals surface area contributed by atoms with Gasteiger partial charge in [0.2, 0.25) is 5.91 Å². The van der Waals surface area contributed by atoms with Crippen molar-refractivity contribution >= 4 is 16.8 Å². The Labute approximate surface area is 132 Å².